The Labute approximate surface area is 162 Å². The van der Waals surface area contributed by atoms with Gasteiger partial charge in [0.05, 0.1) is 5.69 Å². The lowest BCUT2D eigenvalue weighted by Crippen LogP contribution is -2.26. The first-order valence-electron chi connectivity index (χ1n) is 8.93. The van der Waals surface area contributed by atoms with Crippen LogP contribution >= 0.6 is 11.6 Å². The summed E-state index contributed by atoms with van der Waals surface area (Å²) >= 11 is 5.97. The van der Waals surface area contributed by atoms with Crippen LogP contribution in [0.3, 0.4) is 0 Å². The van der Waals surface area contributed by atoms with E-state index < -0.39 is 11.6 Å². The second-order valence-corrected chi connectivity index (χ2v) is 7.51. The summed E-state index contributed by atoms with van der Waals surface area (Å²) in [5, 5.41) is 4.09. The normalized spacial score (nSPS) is 14.9. The fraction of sp³-hybridized carbons (Fsp3) is 0.227. The van der Waals surface area contributed by atoms with E-state index in [1.54, 1.807) is 6.07 Å². The summed E-state index contributed by atoms with van der Waals surface area (Å²) in [6.07, 6.45) is 4.04. The van der Waals surface area contributed by atoms with Gasteiger partial charge in [-0.05, 0) is 60.4 Å². The summed E-state index contributed by atoms with van der Waals surface area (Å²) < 4.78 is 26.4. The summed E-state index contributed by atoms with van der Waals surface area (Å²) in [5.74, 6) is -1.62. The molecular formula is C22H19ClF2N2. The summed E-state index contributed by atoms with van der Waals surface area (Å²) in [4.78, 5) is 4.49. The fourth-order valence-electron chi connectivity index (χ4n) is 3.35. The Morgan fingerprint density at radius 1 is 0.963 bits per heavy atom. The van der Waals surface area contributed by atoms with Crippen molar-refractivity contribution in [2.24, 2.45) is 0 Å². The van der Waals surface area contributed by atoms with Crippen LogP contribution in [0.5, 0.6) is 0 Å². The molecular weight excluding hydrogens is 366 g/mol. The highest BCUT2D eigenvalue weighted by atomic mass is 35.5. The van der Waals surface area contributed by atoms with Crippen LogP contribution in [0.1, 0.15) is 24.0 Å². The molecule has 27 heavy (non-hydrogen) atoms. The number of nitrogens with one attached hydrogen (secondary N) is 1. The van der Waals surface area contributed by atoms with E-state index in [1.165, 1.54) is 17.7 Å². The molecule has 1 N–H and O–H groups in total. The minimum absolute atomic E-state index is 0.0860. The Morgan fingerprint density at radius 2 is 1.74 bits per heavy atom. The van der Waals surface area contributed by atoms with Crippen molar-refractivity contribution in [1.29, 1.82) is 0 Å². The van der Waals surface area contributed by atoms with Crippen molar-refractivity contribution in [3.05, 3.63) is 88.6 Å². The third-order valence-corrected chi connectivity index (χ3v) is 5.39. The number of pyridine rings is 1. The highest BCUT2D eigenvalue weighted by molar-refractivity contribution is 6.30. The van der Waals surface area contributed by atoms with Crippen molar-refractivity contribution < 1.29 is 8.78 Å². The lowest BCUT2D eigenvalue weighted by atomic mass is 9.95. The van der Waals surface area contributed by atoms with Gasteiger partial charge in [0.25, 0.3) is 0 Å². The molecule has 4 rings (SSSR count). The molecule has 1 aliphatic carbocycles. The van der Waals surface area contributed by atoms with Crippen molar-refractivity contribution in [2.75, 3.05) is 6.54 Å². The van der Waals surface area contributed by atoms with E-state index in [9.17, 15) is 8.78 Å². The monoisotopic (exact) mass is 384 g/mol. The molecule has 1 saturated carbocycles. The molecule has 3 aromatic rings. The van der Waals surface area contributed by atoms with Crippen molar-refractivity contribution in [2.45, 2.75) is 24.8 Å². The van der Waals surface area contributed by atoms with Crippen molar-refractivity contribution in [3.8, 4) is 11.3 Å². The highest BCUT2D eigenvalue weighted by Gasteiger charge is 2.43. The van der Waals surface area contributed by atoms with E-state index in [4.69, 9.17) is 11.6 Å². The Hall–Kier alpha value is -2.30. The van der Waals surface area contributed by atoms with Crippen molar-refractivity contribution in [1.82, 2.24) is 10.3 Å². The van der Waals surface area contributed by atoms with Gasteiger partial charge in [-0.1, -0.05) is 29.8 Å². The largest absolute Gasteiger partial charge is 0.312 e. The molecule has 1 aliphatic rings. The Balaban J connectivity index is 1.45. The molecule has 0 spiro atoms. The average Bonchev–Trinajstić information content (AvgIpc) is 3.46. The first kappa shape index (κ1) is 18.1. The second kappa shape index (κ2) is 7.37. The van der Waals surface area contributed by atoms with E-state index in [2.05, 4.69) is 22.4 Å². The minimum Gasteiger partial charge on any atom is -0.312 e. The smallest absolute Gasteiger partial charge is 0.159 e. The number of halogens is 3. The van der Waals surface area contributed by atoms with E-state index in [0.29, 0.717) is 11.6 Å². The second-order valence-electron chi connectivity index (χ2n) is 7.07. The highest BCUT2D eigenvalue weighted by Crippen LogP contribution is 2.48. The first-order chi connectivity index (χ1) is 13.1. The number of rotatable bonds is 6. The Morgan fingerprint density at radius 3 is 2.44 bits per heavy atom. The summed E-state index contributed by atoms with van der Waals surface area (Å²) in [5.41, 5.74) is 4.03. The zero-order chi connectivity index (χ0) is 18.9. The van der Waals surface area contributed by atoms with Gasteiger partial charge in [-0.3, -0.25) is 4.98 Å². The third-order valence-electron chi connectivity index (χ3n) is 5.14. The van der Waals surface area contributed by atoms with Gasteiger partial charge in [-0.2, -0.15) is 0 Å². The zero-order valence-corrected chi connectivity index (χ0v) is 15.4. The first-order valence-corrected chi connectivity index (χ1v) is 9.31. The number of benzene rings is 2. The summed E-state index contributed by atoms with van der Waals surface area (Å²) in [6.45, 7) is 1.30. The van der Waals surface area contributed by atoms with Crippen LogP contribution in [0, 0.1) is 11.6 Å². The van der Waals surface area contributed by atoms with Crippen LogP contribution in [-0.4, -0.2) is 11.5 Å². The van der Waals surface area contributed by atoms with Crippen LogP contribution in [0.2, 0.25) is 5.02 Å². The molecule has 0 amide bonds. The molecule has 5 heteroatoms. The van der Waals surface area contributed by atoms with Gasteiger partial charge in [-0.25, -0.2) is 8.78 Å². The molecule has 0 aliphatic heterocycles. The number of hydrogen-bond donors (Lipinski definition) is 1. The van der Waals surface area contributed by atoms with Crippen LogP contribution in [0.25, 0.3) is 11.3 Å². The lowest BCUT2D eigenvalue weighted by molar-refractivity contribution is 0.504. The SMILES string of the molecule is Fc1ccc(CNCC2(c3ccnc(-c4ccc(Cl)cc4)c3)CC2)cc1F. The Kier molecular flexibility index (Phi) is 4.94. The number of nitrogens with zero attached hydrogens (tertiary/aromatic N) is 1. The number of aromatic nitrogens is 1. The van der Waals surface area contributed by atoms with Crippen molar-refractivity contribution >= 4 is 11.6 Å². The topological polar surface area (TPSA) is 24.9 Å². The summed E-state index contributed by atoms with van der Waals surface area (Å²) in [7, 11) is 0. The zero-order valence-electron chi connectivity index (χ0n) is 14.7. The molecule has 0 radical (unpaired) electrons. The van der Waals surface area contributed by atoms with E-state index in [0.717, 1.165) is 36.2 Å². The van der Waals surface area contributed by atoms with Gasteiger partial charge in [-0.15, -0.1) is 0 Å². The van der Waals surface area contributed by atoms with Gasteiger partial charge in [0.1, 0.15) is 0 Å². The van der Waals surface area contributed by atoms with Gasteiger partial charge < -0.3 is 5.32 Å². The maximum atomic E-state index is 13.3. The molecule has 2 aromatic carbocycles. The average molecular weight is 385 g/mol. The van der Waals surface area contributed by atoms with E-state index >= 15 is 0 Å². The van der Waals surface area contributed by atoms with E-state index in [1.807, 2.05) is 30.5 Å². The fourth-order valence-corrected chi connectivity index (χ4v) is 3.48. The molecule has 0 unspecified atom stereocenters. The predicted molar refractivity (Wildman–Crippen MR) is 104 cm³/mol. The molecule has 1 heterocycles. The van der Waals surface area contributed by atoms with Crippen molar-refractivity contribution in [3.63, 3.8) is 0 Å². The van der Waals surface area contributed by atoms with Gasteiger partial charge in [0.15, 0.2) is 11.6 Å². The summed E-state index contributed by atoms with van der Waals surface area (Å²) in [6, 6.07) is 15.9. The van der Waals surface area contributed by atoms with Crippen LogP contribution in [-0.2, 0) is 12.0 Å². The molecule has 0 atom stereocenters. The van der Waals surface area contributed by atoms with E-state index in [-0.39, 0.29) is 5.41 Å². The number of hydrogen-bond acceptors (Lipinski definition) is 2. The van der Waals surface area contributed by atoms with Crippen LogP contribution < -0.4 is 5.32 Å². The van der Waals surface area contributed by atoms with Gasteiger partial charge in [0, 0.05) is 35.3 Å². The molecule has 0 bridgehead atoms. The maximum Gasteiger partial charge on any atom is 0.159 e. The molecule has 0 saturated heterocycles. The Bertz CT molecular complexity index is 953. The maximum absolute atomic E-state index is 13.3. The van der Waals surface area contributed by atoms with Gasteiger partial charge in [0.2, 0.25) is 0 Å². The molecule has 1 aromatic heterocycles. The quantitative estimate of drug-likeness (QED) is 0.606. The predicted octanol–water partition coefficient (Wildman–Crippen LogP) is 5.50. The van der Waals surface area contributed by atoms with Crippen LogP contribution in [0.4, 0.5) is 8.78 Å². The molecule has 138 valence electrons. The molecule has 2 nitrogen and oxygen atoms in total. The third kappa shape index (κ3) is 4.02. The lowest BCUT2D eigenvalue weighted by Gasteiger charge is -2.17. The van der Waals surface area contributed by atoms with Gasteiger partial charge >= 0.3 is 0 Å². The van der Waals surface area contributed by atoms with Crippen LogP contribution in [0.15, 0.2) is 60.8 Å². The minimum atomic E-state index is -0.816. The standard InChI is InChI=1S/C22H19ClF2N2/c23-18-4-2-16(3-5-18)21-12-17(7-10-27-21)22(8-9-22)14-26-13-15-1-6-19(24)20(25)11-15/h1-7,10-12,26H,8-9,13-14H2. The molecule has 1 fully saturated rings.